The highest BCUT2D eigenvalue weighted by Crippen LogP contribution is 2.20. The van der Waals surface area contributed by atoms with E-state index in [-0.39, 0.29) is 30.4 Å². The number of nitrogens with zero attached hydrogens (tertiary/aromatic N) is 4. The van der Waals surface area contributed by atoms with Crippen LogP contribution in [-0.4, -0.2) is 76.7 Å². The highest BCUT2D eigenvalue weighted by atomic mass is 32.2. The van der Waals surface area contributed by atoms with Crippen molar-refractivity contribution in [3.63, 3.8) is 0 Å². The van der Waals surface area contributed by atoms with Crippen molar-refractivity contribution in [2.45, 2.75) is 43.7 Å². The van der Waals surface area contributed by atoms with E-state index in [0.717, 1.165) is 0 Å². The maximum absolute atomic E-state index is 12.7. The molecule has 0 aromatic carbocycles. The number of nitrogens with one attached hydrogen (secondary N) is 2. The van der Waals surface area contributed by atoms with Crippen molar-refractivity contribution in [2.75, 3.05) is 26.2 Å². The van der Waals surface area contributed by atoms with Gasteiger partial charge in [-0.2, -0.15) is 4.31 Å². The van der Waals surface area contributed by atoms with Gasteiger partial charge in [0.15, 0.2) is 5.03 Å². The molecule has 160 valence electrons. The predicted molar refractivity (Wildman–Crippen MR) is 102 cm³/mol. The molecule has 11 nitrogen and oxygen atoms in total. The third-order valence-electron chi connectivity index (χ3n) is 5.47. The smallest absolute Gasteiger partial charge is 0.322 e. The van der Waals surface area contributed by atoms with Crippen molar-refractivity contribution in [1.82, 2.24) is 29.4 Å². The highest BCUT2D eigenvalue weighted by molar-refractivity contribution is 7.89. The molecule has 2 saturated heterocycles. The van der Waals surface area contributed by atoms with Gasteiger partial charge in [-0.15, -0.1) is 0 Å². The van der Waals surface area contributed by atoms with E-state index in [9.17, 15) is 22.8 Å². The molecular formula is C17H26N6O5S. The SMILES string of the molecule is Cc1nc(S(=O)(=O)N2CCN(C(=O)CCCC3(C)NC(=O)NC3=O)CC2)cn1C. The van der Waals surface area contributed by atoms with Crippen LogP contribution in [0, 0.1) is 6.92 Å². The van der Waals surface area contributed by atoms with Crippen LogP contribution in [-0.2, 0) is 26.7 Å². The molecule has 1 aromatic heterocycles. The number of piperazine rings is 1. The third kappa shape index (κ3) is 4.27. The van der Waals surface area contributed by atoms with Gasteiger partial charge in [0, 0.05) is 45.8 Å². The fourth-order valence-corrected chi connectivity index (χ4v) is 4.92. The van der Waals surface area contributed by atoms with Crippen molar-refractivity contribution in [3.05, 3.63) is 12.0 Å². The molecule has 0 aliphatic carbocycles. The number of imidazole rings is 1. The molecule has 4 amide bonds. The molecular weight excluding hydrogens is 400 g/mol. The normalized spacial score (nSPS) is 23.2. The van der Waals surface area contributed by atoms with Gasteiger partial charge in [-0.25, -0.2) is 18.2 Å². The maximum atomic E-state index is 12.7. The first-order valence-electron chi connectivity index (χ1n) is 9.44. The van der Waals surface area contributed by atoms with E-state index in [1.54, 1.807) is 30.4 Å². The fraction of sp³-hybridized carbons (Fsp3) is 0.647. The van der Waals surface area contributed by atoms with Crippen LogP contribution in [0.25, 0.3) is 0 Å². The summed E-state index contributed by atoms with van der Waals surface area (Å²) in [5.41, 5.74) is -0.995. The summed E-state index contributed by atoms with van der Waals surface area (Å²) in [7, 11) is -1.95. The Morgan fingerprint density at radius 2 is 1.90 bits per heavy atom. The second-order valence-corrected chi connectivity index (χ2v) is 9.50. The van der Waals surface area contributed by atoms with E-state index >= 15 is 0 Å². The number of carbonyl (C=O) groups is 3. The van der Waals surface area contributed by atoms with Crippen molar-refractivity contribution in [2.24, 2.45) is 7.05 Å². The van der Waals surface area contributed by atoms with Gasteiger partial charge in [-0.1, -0.05) is 0 Å². The predicted octanol–water partition coefficient (Wildman–Crippen LogP) is -0.670. The van der Waals surface area contributed by atoms with Gasteiger partial charge in [0.05, 0.1) is 0 Å². The van der Waals surface area contributed by atoms with E-state index < -0.39 is 27.5 Å². The van der Waals surface area contributed by atoms with Crippen LogP contribution in [0.15, 0.2) is 11.2 Å². The first-order valence-corrected chi connectivity index (χ1v) is 10.9. The summed E-state index contributed by atoms with van der Waals surface area (Å²) in [5.74, 6) is 0.126. The Bertz CT molecular complexity index is 915. The summed E-state index contributed by atoms with van der Waals surface area (Å²) in [6.45, 7) is 4.38. The molecule has 3 rings (SSSR count). The van der Waals surface area contributed by atoms with Crippen LogP contribution in [0.2, 0.25) is 0 Å². The van der Waals surface area contributed by atoms with Gasteiger partial charge in [0.1, 0.15) is 11.4 Å². The Morgan fingerprint density at radius 1 is 1.24 bits per heavy atom. The summed E-state index contributed by atoms with van der Waals surface area (Å²) in [4.78, 5) is 41.2. The minimum atomic E-state index is -3.68. The minimum absolute atomic E-state index is 0.0161. The molecule has 0 radical (unpaired) electrons. The lowest BCUT2D eigenvalue weighted by molar-refractivity contribution is -0.133. The number of aryl methyl sites for hydroxylation is 2. The average Bonchev–Trinajstić information content (AvgIpc) is 3.13. The van der Waals surface area contributed by atoms with Crippen LogP contribution < -0.4 is 10.6 Å². The Balaban J connectivity index is 1.49. The Morgan fingerprint density at radius 3 is 2.41 bits per heavy atom. The molecule has 0 bridgehead atoms. The quantitative estimate of drug-likeness (QED) is 0.580. The number of hydrogen-bond acceptors (Lipinski definition) is 6. The molecule has 0 saturated carbocycles. The first kappa shape index (κ1) is 21.2. The highest BCUT2D eigenvalue weighted by Gasteiger charge is 2.41. The molecule has 1 atom stereocenters. The van der Waals surface area contributed by atoms with Gasteiger partial charge in [-0.3, -0.25) is 14.9 Å². The van der Waals surface area contributed by atoms with Crippen LogP contribution in [0.4, 0.5) is 4.79 Å². The van der Waals surface area contributed by atoms with Crippen molar-refractivity contribution in [3.8, 4) is 0 Å². The summed E-state index contributed by atoms with van der Waals surface area (Å²) < 4.78 is 28.4. The number of urea groups is 1. The average molecular weight is 426 g/mol. The molecule has 29 heavy (non-hydrogen) atoms. The van der Waals surface area contributed by atoms with Crippen molar-refractivity contribution >= 4 is 27.9 Å². The number of aromatic nitrogens is 2. The molecule has 12 heteroatoms. The Kier molecular flexibility index (Phi) is 5.68. The number of hydrogen-bond donors (Lipinski definition) is 2. The molecule has 2 fully saturated rings. The van der Waals surface area contributed by atoms with Crippen LogP contribution in [0.1, 0.15) is 32.0 Å². The zero-order valence-electron chi connectivity index (χ0n) is 16.8. The first-order chi connectivity index (χ1) is 13.5. The molecule has 2 aliphatic heterocycles. The monoisotopic (exact) mass is 426 g/mol. The van der Waals surface area contributed by atoms with E-state index in [0.29, 0.717) is 31.8 Å². The van der Waals surface area contributed by atoms with E-state index in [1.165, 1.54) is 10.5 Å². The van der Waals surface area contributed by atoms with Crippen LogP contribution >= 0.6 is 0 Å². The lowest BCUT2D eigenvalue weighted by Gasteiger charge is -2.33. The number of amides is 4. The van der Waals surface area contributed by atoms with Gasteiger partial charge in [-0.05, 0) is 26.7 Å². The molecule has 3 heterocycles. The lowest BCUT2D eigenvalue weighted by atomic mass is 9.95. The van der Waals surface area contributed by atoms with Crippen molar-refractivity contribution < 1.29 is 22.8 Å². The number of sulfonamides is 1. The number of carbonyl (C=O) groups excluding carboxylic acids is 3. The van der Waals surface area contributed by atoms with Crippen molar-refractivity contribution in [1.29, 1.82) is 0 Å². The standard InChI is InChI=1S/C17H26N6O5S/c1-12-18-13(11-21(12)3)29(27,28)23-9-7-22(8-10-23)14(24)5-4-6-17(2)15(25)19-16(26)20-17/h11H,4-10H2,1-3H3,(H2,19,20,25,26). The second-order valence-electron chi connectivity index (χ2n) is 7.62. The fourth-order valence-electron chi connectivity index (χ4n) is 3.47. The lowest BCUT2D eigenvalue weighted by Crippen LogP contribution is -2.50. The molecule has 2 N–H and O–H groups in total. The summed E-state index contributed by atoms with van der Waals surface area (Å²) in [6, 6.07) is -0.524. The van der Waals surface area contributed by atoms with Gasteiger partial charge in [0.2, 0.25) is 5.91 Å². The zero-order chi connectivity index (χ0) is 21.4. The number of imide groups is 1. The maximum Gasteiger partial charge on any atom is 0.322 e. The van der Waals surface area contributed by atoms with Gasteiger partial charge < -0.3 is 14.8 Å². The number of rotatable bonds is 6. The second kappa shape index (κ2) is 7.75. The van der Waals surface area contributed by atoms with Gasteiger partial charge in [0.25, 0.3) is 15.9 Å². The summed E-state index contributed by atoms with van der Waals surface area (Å²) in [6.07, 6.45) is 2.50. The molecule has 1 unspecified atom stereocenters. The molecule has 0 spiro atoms. The summed E-state index contributed by atoms with van der Waals surface area (Å²) in [5, 5.41) is 4.78. The van der Waals surface area contributed by atoms with E-state index in [2.05, 4.69) is 15.6 Å². The van der Waals surface area contributed by atoms with E-state index in [4.69, 9.17) is 0 Å². The van der Waals surface area contributed by atoms with Gasteiger partial charge >= 0.3 is 6.03 Å². The summed E-state index contributed by atoms with van der Waals surface area (Å²) >= 11 is 0. The minimum Gasteiger partial charge on any atom is -0.340 e. The van der Waals surface area contributed by atoms with Crippen LogP contribution in [0.5, 0.6) is 0 Å². The zero-order valence-corrected chi connectivity index (χ0v) is 17.6. The van der Waals surface area contributed by atoms with E-state index in [1.807, 2.05) is 0 Å². The largest absolute Gasteiger partial charge is 0.340 e. The van der Waals surface area contributed by atoms with Crippen LogP contribution in [0.3, 0.4) is 0 Å². The Labute approximate surface area is 169 Å². The topological polar surface area (TPSA) is 134 Å². The molecule has 2 aliphatic rings. The third-order valence-corrected chi connectivity index (χ3v) is 7.24. The molecule has 1 aromatic rings. The Hall–Kier alpha value is -2.47.